The van der Waals surface area contributed by atoms with E-state index in [0.29, 0.717) is 4.32 Å². The maximum Gasteiger partial charge on any atom is 1.00 e. The summed E-state index contributed by atoms with van der Waals surface area (Å²) in [5, 5.41) is 0. The summed E-state index contributed by atoms with van der Waals surface area (Å²) >= 11 is 9.95. The molecule has 2 aliphatic rings. The van der Waals surface area contributed by atoms with Crippen LogP contribution in [-0.4, -0.2) is 22.3 Å². The van der Waals surface area contributed by atoms with Gasteiger partial charge in [-0.25, -0.2) is 0 Å². The van der Waals surface area contributed by atoms with Crippen LogP contribution in [0.2, 0.25) is 0 Å². The van der Waals surface area contributed by atoms with Crippen molar-refractivity contribution in [2.75, 3.05) is 13.1 Å². The van der Waals surface area contributed by atoms with E-state index >= 15 is 0 Å². The molecule has 2 fully saturated rings. The Kier molecular flexibility index (Phi) is 4.25. The van der Waals surface area contributed by atoms with Crippen molar-refractivity contribution in [3.63, 3.8) is 0 Å². The van der Waals surface area contributed by atoms with Crippen molar-refractivity contribution in [3.05, 3.63) is 0 Å². The van der Waals surface area contributed by atoms with Gasteiger partial charge in [-0.2, -0.15) is 0 Å². The molecule has 1 aliphatic heterocycles. The van der Waals surface area contributed by atoms with Crippen LogP contribution in [0.15, 0.2) is 0 Å². The molecule has 0 aromatic heterocycles. The molecular formula is C8H12NNaS2. The van der Waals surface area contributed by atoms with Gasteiger partial charge in [-0.05, 0) is 24.7 Å². The summed E-state index contributed by atoms with van der Waals surface area (Å²) < 4.78 is 0.680. The van der Waals surface area contributed by atoms with E-state index < -0.39 is 0 Å². The summed E-state index contributed by atoms with van der Waals surface area (Å²) in [6.07, 6.45) is 4.23. The Balaban J connectivity index is 0.000000720. The Hall–Kier alpha value is 1.11. The van der Waals surface area contributed by atoms with Crippen LogP contribution in [0.4, 0.5) is 0 Å². The van der Waals surface area contributed by atoms with Crippen molar-refractivity contribution in [3.8, 4) is 0 Å². The van der Waals surface area contributed by atoms with Crippen molar-refractivity contribution in [2.24, 2.45) is 11.8 Å². The molecule has 0 N–H and O–H groups in total. The number of hydrogen-bond acceptors (Lipinski definition) is 2. The second kappa shape index (κ2) is 4.56. The monoisotopic (exact) mass is 209 g/mol. The molecule has 2 atom stereocenters. The molecule has 1 saturated heterocycles. The summed E-state index contributed by atoms with van der Waals surface area (Å²) in [6.45, 7) is 2.29. The van der Waals surface area contributed by atoms with E-state index in [0.717, 1.165) is 24.9 Å². The second-order valence-corrected chi connectivity index (χ2v) is 4.65. The first-order valence-electron chi connectivity index (χ1n) is 4.23. The van der Waals surface area contributed by atoms with Gasteiger partial charge in [-0.15, -0.1) is 0 Å². The summed E-state index contributed by atoms with van der Waals surface area (Å²) in [6, 6.07) is 0. The van der Waals surface area contributed by atoms with Crippen LogP contribution in [0.25, 0.3) is 0 Å². The number of fused-ring (bicyclic) bond motifs is 1. The van der Waals surface area contributed by atoms with Gasteiger partial charge in [-0.1, -0.05) is 10.7 Å². The Morgan fingerprint density at radius 3 is 2.17 bits per heavy atom. The number of rotatable bonds is 0. The molecule has 1 aliphatic carbocycles. The fourth-order valence-electron chi connectivity index (χ4n) is 2.38. The Morgan fingerprint density at radius 2 is 1.75 bits per heavy atom. The molecule has 0 amide bonds. The number of likely N-dealkylation sites (tertiary alicyclic amines) is 1. The fraction of sp³-hybridized carbons (Fsp3) is 0.875. The minimum absolute atomic E-state index is 0. The molecule has 12 heavy (non-hydrogen) atoms. The first kappa shape index (κ1) is 11.2. The van der Waals surface area contributed by atoms with Gasteiger partial charge in [0, 0.05) is 13.1 Å². The van der Waals surface area contributed by atoms with E-state index in [1.165, 1.54) is 19.3 Å². The maximum atomic E-state index is 4.97. The zero-order valence-electron chi connectivity index (χ0n) is 7.45. The van der Waals surface area contributed by atoms with E-state index in [9.17, 15) is 0 Å². The third-order valence-corrected chi connectivity index (χ3v) is 3.50. The summed E-state index contributed by atoms with van der Waals surface area (Å²) in [7, 11) is 0. The van der Waals surface area contributed by atoms with Crippen LogP contribution in [-0.2, 0) is 12.6 Å². The molecule has 0 bridgehead atoms. The molecule has 0 aromatic carbocycles. The predicted molar refractivity (Wildman–Crippen MR) is 52.4 cm³/mol. The Morgan fingerprint density at radius 1 is 1.25 bits per heavy atom. The average molecular weight is 209 g/mol. The SMILES string of the molecule is S=C([S-])N1CC2CCCC2C1.[Na+]. The molecule has 62 valence electrons. The van der Waals surface area contributed by atoms with Crippen LogP contribution in [0.3, 0.4) is 0 Å². The van der Waals surface area contributed by atoms with Gasteiger partial charge in [-0.3, -0.25) is 0 Å². The van der Waals surface area contributed by atoms with Crippen LogP contribution >= 0.6 is 12.2 Å². The molecule has 4 heteroatoms. The quantitative estimate of drug-likeness (QED) is 0.273. The first-order chi connectivity index (χ1) is 5.27. The summed E-state index contributed by atoms with van der Waals surface area (Å²) in [5.41, 5.74) is 0. The van der Waals surface area contributed by atoms with Gasteiger partial charge in [0.2, 0.25) is 0 Å². The third kappa shape index (κ3) is 2.13. The van der Waals surface area contributed by atoms with Crippen molar-refractivity contribution in [1.82, 2.24) is 4.90 Å². The zero-order valence-corrected chi connectivity index (χ0v) is 11.1. The smallest absolute Gasteiger partial charge is 0.411 e. The minimum atomic E-state index is 0. The summed E-state index contributed by atoms with van der Waals surface area (Å²) in [4.78, 5) is 2.19. The van der Waals surface area contributed by atoms with E-state index in [1.54, 1.807) is 0 Å². The normalized spacial score (nSPS) is 32.8. The van der Waals surface area contributed by atoms with Gasteiger partial charge in [0.15, 0.2) is 0 Å². The number of thiocarbonyl (C=S) groups is 1. The van der Waals surface area contributed by atoms with E-state index in [-0.39, 0.29) is 29.6 Å². The van der Waals surface area contributed by atoms with Crippen LogP contribution in [0, 0.1) is 11.8 Å². The molecule has 1 heterocycles. The van der Waals surface area contributed by atoms with Gasteiger partial charge in [0.05, 0.1) is 0 Å². The predicted octanol–water partition coefficient (Wildman–Crippen LogP) is -1.45. The first-order valence-corrected chi connectivity index (χ1v) is 5.05. The zero-order chi connectivity index (χ0) is 7.84. The second-order valence-electron chi connectivity index (χ2n) is 3.62. The van der Waals surface area contributed by atoms with Crippen molar-refractivity contribution >= 4 is 29.2 Å². The van der Waals surface area contributed by atoms with Crippen LogP contribution < -0.4 is 29.6 Å². The summed E-state index contributed by atoms with van der Waals surface area (Å²) in [5.74, 6) is 1.83. The minimum Gasteiger partial charge on any atom is -0.411 e. The molecule has 2 unspecified atom stereocenters. The van der Waals surface area contributed by atoms with Gasteiger partial charge in [0.25, 0.3) is 0 Å². The van der Waals surface area contributed by atoms with E-state index in [2.05, 4.69) is 4.90 Å². The molecule has 1 nitrogen and oxygen atoms in total. The molecule has 0 radical (unpaired) electrons. The molecule has 0 spiro atoms. The van der Waals surface area contributed by atoms with Gasteiger partial charge < -0.3 is 29.7 Å². The van der Waals surface area contributed by atoms with E-state index in [4.69, 9.17) is 24.8 Å². The van der Waals surface area contributed by atoms with Crippen LogP contribution in [0.5, 0.6) is 0 Å². The molecule has 0 aromatic rings. The molecule has 2 rings (SSSR count). The largest absolute Gasteiger partial charge is 1.00 e. The van der Waals surface area contributed by atoms with Crippen molar-refractivity contribution in [2.45, 2.75) is 19.3 Å². The third-order valence-electron chi connectivity index (χ3n) is 2.98. The number of nitrogens with zero attached hydrogens (tertiary/aromatic N) is 1. The Bertz CT molecular complexity index is 174. The average Bonchev–Trinajstić information content (AvgIpc) is 2.40. The molecular weight excluding hydrogens is 197 g/mol. The van der Waals surface area contributed by atoms with E-state index in [1.807, 2.05) is 0 Å². The van der Waals surface area contributed by atoms with Gasteiger partial charge in [0.1, 0.15) is 0 Å². The Labute approximate surface area is 107 Å². The van der Waals surface area contributed by atoms with Crippen molar-refractivity contribution < 1.29 is 29.6 Å². The standard InChI is InChI=1S/C8H13NS2.Na/c10-8(11)9-4-6-2-1-3-7(6)5-9;/h6-7H,1-5H2,(H,10,11);/q;+1/p-1. The molecule has 1 saturated carbocycles. The number of hydrogen-bond donors (Lipinski definition) is 0. The fourth-order valence-corrected chi connectivity index (χ4v) is 2.68. The topological polar surface area (TPSA) is 3.24 Å². The maximum absolute atomic E-state index is 4.97. The van der Waals surface area contributed by atoms with Crippen LogP contribution in [0.1, 0.15) is 19.3 Å². The van der Waals surface area contributed by atoms with Gasteiger partial charge >= 0.3 is 29.6 Å². The van der Waals surface area contributed by atoms with Crippen molar-refractivity contribution in [1.29, 1.82) is 0 Å².